The van der Waals surface area contributed by atoms with E-state index in [1.54, 1.807) is 0 Å². The maximum absolute atomic E-state index is 11.0. The Morgan fingerprint density at radius 3 is 2.20 bits per heavy atom. The van der Waals surface area contributed by atoms with Crippen LogP contribution in [0.25, 0.3) is 0 Å². The van der Waals surface area contributed by atoms with Crippen LogP contribution in [-0.4, -0.2) is 36.8 Å². The smallest absolute Gasteiger partial charge is 0.0594 e. The molecule has 0 spiro atoms. The monoisotopic (exact) mass is 483 g/mol. The molecule has 0 aromatic heterocycles. The van der Waals surface area contributed by atoms with Crippen LogP contribution in [-0.2, 0) is 0 Å². The van der Waals surface area contributed by atoms with E-state index in [0.717, 1.165) is 30.1 Å². The van der Waals surface area contributed by atoms with Gasteiger partial charge in [-0.15, -0.1) is 0 Å². The molecule has 200 valence electrons. The highest BCUT2D eigenvalue weighted by Gasteiger charge is 2.70. The Hall–Kier alpha value is -0.340. The molecule has 35 heavy (non-hydrogen) atoms. The largest absolute Gasteiger partial charge is 0.393 e. The highest BCUT2D eigenvalue weighted by atomic mass is 16.3. The number of allylic oxidation sites excluding steroid dienone is 1. The normalized spacial score (nSPS) is 52.9. The zero-order chi connectivity index (χ0) is 25.6. The van der Waals surface area contributed by atoms with E-state index >= 15 is 0 Å². The zero-order valence-electron chi connectivity index (χ0n) is 24.6. The van der Waals surface area contributed by atoms with Gasteiger partial charge >= 0.3 is 0 Å². The SMILES string of the molecule is C=C(C)[C@@H]1CC[C@]2(CCN(C)C)CC[C@]3(C)[C@H](CC[C@@H]4[C@@]5(C)CCC(O)C(C)(C)[C@@H]5CC[C@]43C)[C@@H]12. The van der Waals surface area contributed by atoms with Crippen LogP contribution in [0.5, 0.6) is 0 Å². The number of aliphatic hydroxyl groups excluding tert-OH is 1. The first-order valence-corrected chi connectivity index (χ1v) is 15.2. The molecule has 5 aliphatic rings. The molecule has 2 heteroatoms. The summed E-state index contributed by atoms with van der Waals surface area (Å²) in [7, 11) is 4.52. The molecule has 1 N–H and O–H groups in total. The molecule has 0 amide bonds. The van der Waals surface area contributed by atoms with Gasteiger partial charge in [0.1, 0.15) is 0 Å². The fraction of sp³-hybridized carbons (Fsp3) is 0.939. The average molecular weight is 484 g/mol. The van der Waals surface area contributed by atoms with Gasteiger partial charge < -0.3 is 10.0 Å². The van der Waals surface area contributed by atoms with E-state index in [1.165, 1.54) is 76.3 Å². The summed E-state index contributed by atoms with van der Waals surface area (Å²) < 4.78 is 0. The highest BCUT2D eigenvalue weighted by molar-refractivity contribution is 5.21. The Balaban J connectivity index is 1.52. The molecular weight excluding hydrogens is 426 g/mol. The Kier molecular flexibility index (Phi) is 6.25. The first kappa shape index (κ1) is 26.3. The van der Waals surface area contributed by atoms with Crippen molar-refractivity contribution in [2.45, 2.75) is 118 Å². The average Bonchev–Trinajstić information content (AvgIpc) is 3.16. The number of nitrogens with zero attached hydrogens (tertiary/aromatic N) is 1. The number of hydrogen-bond acceptors (Lipinski definition) is 2. The van der Waals surface area contributed by atoms with Crippen LogP contribution in [0.1, 0.15) is 112 Å². The second kappa shape index (κ2) is 8.33. The molecule has 2 nitrogen and oxygen atoms in total. The lowest BCUT2D eigenvalue weighted by molar-refractivity contribution is -0.248. The number of fused-ring (bicyclic) bond motifs is 7. The third-order valence-electron chi connectivity index (χ3n) is 14.3. The van der Waals surface area contributed by atoms with Gasteiger partial charge in [0.15, 0.2) is 0 Å². The van der Waals surface area contributed by atoms with E-state index < -0.39 is 0 Å². The Morgan fingerprint density at radius 1 is 0.829 bits per heavy atom. The van der Waals surface area contributed by atoms with Crippen LogP contribution in [0.15, 0.2) is 12.2 Å². The molecule has 0 aromatic rings. The lowest BCUT2D eigenvalue weighted by Gasteiger charge is -2.73. The van der Waals surface area contributed by atoms with E-state index in [1.807, 2.05) is 0 Å². The second-order valence-electron chi connectivity index (χ2n) is 16.0. The minimum atomic E-state index is -0.126. The van der Waals surface area contributed by atoms with Gasteiger partial charge in [-0.1, -0.05) is 46.8 Å². The molecule has 5 aliphatic carbocycles. The fourth-order valence-electron chi connectivity index (χ4n) is 12.1. The van der Waals surface area contributed by atoms with E-state index in [4.69, 9.17) is 0 Å². The predicted molar refractivity (Wildman–Crippen MR) is 148 cm³/mol. The van der Waals surface area contributed by atoms with Gasteiger partial charge in [0, 0.05) is 0 Å². The summed E-state index contributed by atoms with van der Waals surface area (Å²) in [5.74, 6) is 3.89. The molecule has 0 saturated heterocycles. The summed E-state index contributed by atoms with van der Waals surface area (Å²) >= 11 is 0. The van der Waals surface area contributed by atoms with Crippen molar-refractivity contribution in [2.24, 2.45) is 56.7 Å². The van der Waals surface area contributed by atoms with Crippen molar-refractivity contribution in [2.75, 3.05) is 20.6 Å². The van der Waals surface area contributed by atoms with Gasteiger partial charge in [-0.2, -0.15) is 0 Å². The summed E-state index contributed by atoms with van der Waals surface area (Å²) in [5, 5.41) is 11.0. The topological polar surface area (TPSA) is 23.5 Å². The molecule has 10 atom stereocenters. The molecule has 0 heterocycles. The van der Waals surface area contributed by atoms with Crippen LogP contribution in [0.4, 0.5) is 0 Å². The van der Waals surface area contributed by atoms with Gasteiger partial charge in [0.05, 0.1) is 6.10 Å². The van der Waals surface area contributed by atoms with E-state index in [9.17, 15) is 5.11 Å². The standard InChI is InChI=1S/C33H57NO/c1-22(2)23-12-17-33(20-21-34(8)9)19-18-31(6)24(28(23)33)10-11-26-30(5)15-14-27(35)29(3,4)25(30)13-16-32(26,31)7/h23-28,35H,1,10-21H2,2-9H3/t23-,24+,25-,26+,27?,28+,30-,31+,32+,33+/m0/s1. The maximum atomic E-state index is 11.0. The number of aliphatic hydroxyl groups is 1. The van der Waals surface area contributed by atoms with Crippen LogP contribution >= 0.6 is 0 Å². The molecule has 0 aromatic carbocycles. The predicted octanol–water partition coefficient (Wildman–Crippen LogP) is 7.96. The van der Waals surface area contributed by atoms with Gasteiger partial charge in [0.25, 0.3) is 0 Å². The van der Waals surface area contributed by atoms with Gasteiger partial charge in [-0.05, 0) is 155 Å². The first-order chi connectivity index (χ1) is 16.2. The molecule has 1 unspecified atom stereocenters. The van der Waals surface area contributed by atoms with Crippen molar-refractivity contribution in [3.63, 3.8) is 0 Å². The highest BCUT2D eigenvalue weighted by Crippen LogP contribution is 2.77. The van der Waals surface area contributed by atoms with E-state index in [2.05, 4.69) is 67.1 Å². The third kappa shape index (κ3) is 3.47. The quantitative estimate of drug-likeness (QED) is 0.410. The molecule has 5 fully saturated rings. The summed E-state index contributed by atoms with van der Waals surface area (Å²) in [6.45, 7) is 21.1. The van der Waals surface area contributed by atoms with Crippen LogP contribution < -0.4 is 0 Å². The van der Waals surface area contributed by atoms with Crippen molar-refractivity contribution in [3.05, 3.63) is 12.2 Å². The minimum absolute atomic E-state index is 0.0521. The van der Waals surface area contributed by atoms with Crippen molar-refractivity contribution in [1.29, 1.82) is 0 Å². The summed E-state index contributed by atoms with van der Waals surface area (Å²) in [6, 6.07) is 0. The van der Waals surface area contributed by atoms with Crippen LogP contribution in [0.2, 0.25) is 0 Å². The van der Waals surface area contributed by atoms with Crippen molar-refractivity contribution < 1.29 is 5.11 Å². The second-order valence-corrected chi connectivity index (χ2v) is 16.0. The number of hydrogen-bond donors (Lipinski definition) is 1. The molecule has 5 saturated carbocycles. The lowest BCUT2D eigenvalue weighted by Crippen LogP contribution is -2.66. The summed E-state index contributed by atoms with van der Waals surface area (Å²) in [6.07, 6.45) is 14.7. The zero-order valence-corrected chi connectivity index (χ0v) is 24.6. The Morgan fingerprint density at radius 2 is 1.54 bits per heavy atom. The maximum Gasteiger partial charge on any atom is 0.0594 e. The van der Waals surface area contributed by atoms with E-state index in [-0.39, 0.29) is 11.5 Å². The van der Waals surface area contributed by atoms with Gasteiger partial charge in [0.2, 0.25) is 0 Å². The first-order valence-electron chi connectivity index (χ1n) is 15.2. The van der Waals surface area contributed by atoms with Crippen LogP contribution in [0.3, 0.4) is 0 Å². The summed E-state index contributed by atoms with van der Waals surface area (Å²) in [4.78, 5) is 2.42. The van der Waals surface area contributed by atoms with Gasteiger partial charge in [-0.25, -0.2) is 0 Å². The summed E-state index contributed by atoms with van der Waals surface area (Å²) in [5.41, 5.74) is 3.31. The fourth-order valence-corrected chi connectivity index (χ4v) is 12.1. The van der Waals surface area contributed by atoms with Crippen LogP contribution in [0, 0.1) is 56.7 Å². The van der Waals surface area contributed by atoms with Crippen molar-refractivity contribution in [3.8, 4) is 0 Å². The number of rotatable bonds is 4. The molecule has 0 bridgehead atoms. The molecular formula is C33H57NO. The van der Waals surface area contributed by atoms with Crippen molar-refractivity contribution in [1.82, 2.24) is 4.90 Å². The Labute approximate surface area is 217 Å². The minimum Gasteiger partial charge on any atom is -0.393 e. The lowest BCUT2D eigenvalue weighted by atomic mass is 9.32. The van der Waals surface area contributed by atoms with Gasteiger partial charge in [-0.3, -0.25) is 0 Å². The van der Waals surface area contributed by atoms with E-state index in [0.29, 0.717) is 27.6 Å². The Bertz CT molecular complexity index is 846. The molecule has 5 rings (SSSR count). The van der Waals surface area contributed by atoms with Crippen molar-refractivity contribution >= 4 is 0 Å². The third-order valence-corrected chi connectivity index (χ3v) is 14.3. The molecule has 0 aliphatic heterocycles. The molecule has 0 radical (unpaired) electrons.